The number of ether oxygens (including phenoxy) is 1. The summed E-state index contributed by atoms with van der Waals surface area (Å²) in [4.78, 5) is 6.73. The number of halogens is 1. The highest BCUT2D eigenvalue weighted by molar-refractivity contribution is 6.31. The van der Waals surface area contributed by atoms with Gasteiger partial charge in [-0.05, 0) is 37.6 Å². The van der Waals surface area contributed by atoms with Gasteiger partial charge >= 0.3 is 0 Å². The van der Waals surface area contributed by atoms with Crippen molar-refractivity contribution in [2.45, 2.75) is 26.4 Å². The molecule has 0 amide bonds. The minimum atomic E-state index is 0.211. The molecule has 1 heterocycles. The molecule has 0 unspecified atom stereocenters. The molecule has 2 aromatic carbocycles. The van der Waals surface area contributed by atoms with Crippen LogP contribution in [-0.4, -0.2) is 28.3 Å². The number of aromatic nitrogens is 3. The molecule has 0 aliphatic rings. The van der Waals surface area contributed by atoms with Crippen molar-refractivity contribution in [2.75, 3.05) is 17.3 Å². The molecule has 6 nitrogen and oxygen atoms in total. The Labute approximate surface area is 164 Å². The Kier molecular flexibility index (Phi) is 6.08. The number of hydrogen-bond acceptors (Lipinski definition) is 6. The van der Waals surface area contributed by atoms with E-state index < -0.39 is 0 Å². The molecule has 1 N–H and O–H groups in total. The summed E-state index contributed by atoms with van der Waals surface area (Å²) in [5, 5.41) is 12.2. The number of hydrogen-bond donors (Lipinski definition) is 1. The fourth-order valence-electron chi connectivity index (χ4n) is 2.66. The summed E-state index contributed by atoms with van der Waals surface area (Å²) in [6, 6.07) is 15.8. The van der Waals surface area contributed by atoms with Gasteiger partial charge in [-0.15, -0.1) is 5.10 Å². The summed E-state index contributed by atoms with van der Waals surface area (Å²) in [7, 11) is 1.61. The van der Waals surface area contributed by atoms with Crippen molar-refractivity contribution in [2.24, 2.45) is 0 Å². The maximum Gasteiger partial charge on any atom is 0.247 e. The highest BCUT2D eigenvalue weighted by Crippen LogP contribution is 2.30. The lowest BCUT2D eigenvalue weighted by molar-refractivity contribution is 0.417. The Morgan fingerprint density at radius 2 is 1.93 bits per heavy atom. The molecular weight excluding hydrogens is 362 g/mol. The van der Waals surface area contributed by atoms with E-state index >= 15 is 0 Å². The summed E-state index contributed by atoms with van der Waals surface area (Å²) in [5.41, 5.74) is 1.90. The van der Waals surface area contributed by atoms with Gasteiger partial charge in [0, 0.05) is 17.6 Å². The molecule has 0 spiro atoms. The Bertz CT molecular complexity index is 889. The lowest BCUT2D eigenvalue weighted by atomic mass is 10.2. The van der Waals surface area contributed by atoms with Gasteiger partial charge in [-0.25, -0.2) is 0 Å². The fraction of sp³-hybridized carbons (Fsp3) is 0.250. The molecule has 1 aromatic heterocycles. The highest BCUT2D eigenvalue weighted by atomic mass is 35.5. The Hall–Kier alpha value is -2.86. The van der Waals surface area contributed by atoms with Crippen LogP contribution >= 0.6 is 11.6 Å². The monoisotopic (exact) mass is 383 g/mol. The van der Waals surface area contributed by atoms with Crippen molar-refractivity contribution in [3.05, 3.63) is 65.3 Å². The average Bonchev–Trinajstić information content (AvgIpc) is 2.67. The highest BCUT2D eigenvalue weighted by Gasteiger charge is 2.16. The third-order valence-corrected chi connectivity index (χ3v) is 4.28. The van der Waals surface area contributed by atoms with Crippen LogP contribution in [-0.2, 0) is 6.54 Å². The number of nitrogens with one attached hydrogen (secondary N) is 1. The first-order valence-corrected chi connectivity index (χ1v) is 9.05. The second kappa shape index (κ2) is 8.68. The van der Waals surface area contributed by atoms with E-state index in [0.717, 1.165) is 5.69 Å². The lowest BCUT2D eigenvalue weighted by Crippen LogP contribution is -2.32. The van der Waals surface area contributed by atoms with Crippen molar-refractivity contribution in [1.82, 2.24) is 15.2 Å². The van der Waals surface area contributed by atoms with Crippen LogP contribution in [0.2, 0.25) is 5.02 Å². The molecular formula is C20H22ClN5O. The van der Waals surface area contributed by atoms with Gasteiger partial charge in [-0.1, -0.05) is 41.9 Å². The van der Waals surface area contributed by atoms with Crippen molar-refractivity contribution >= 4 is 29.1 Å². The molecule has 140 valence electrons. The first-order chi connectivity index (χ1) is 13.1. The van der Waals surface area contributed by atoms with Gasteiger partial charge in [0.2, 0.25) is 5.95 Å². The first kappa shape index (κ1) is 18.9. The van der Waals surface area contributed by atoms with Gasteiger partial charge < -0.3 is 15.0 Å². The third kappa shape index (κ3) is 4.86. The number of benzene rings is 2. The molecule has 7 heteroatoms. The number of rotatable bonds is 7. The van der Waals surface area contributed by atoms with Gasteiger partial charge in [-0.2, -0.15) is 10.1 Å². The van der Waals surface area contributed by atoms with Crippen LogP contribution < -0.4 is 15.0 Å². The van der Waals surface area contributed by atoms with Crippen LogP contribution in [0.4, 0.5) is 17.5 Å². The Morgan fingerprint density at radius 3 is 2.63 bits per heavy atom. The third-order valence-electron chi connectivity index (χ3n) is 4.05. The van der Waals surface area contributed by atoms with E-state index in [9.17, 15) is 0 Å². The van der Waals surface area contributed by atoms with Gasteiger partial charge in [0.1, 0.15) is 5.75 Å². The number of nitrogens with zero attached hydrogens (tertiary/aromatic N) is 4. The molecule has 0 aliphatic carbocycles. The van der Waals surface area contributed by atoms with Gasteiger partial charge in [0.15, 0.2) is 5.82 Å². The maximum atomic E-state index is 6.10. The Morgan fingerprint density at radius 1 is 1.15 bits per heavy atom. The molecule has 0 bridgehead atoms. The van der Waals surface area contributed by atoms with E-state index in [0.29, 0.717) is 29.1 Å². The summed E-state index contributed by atoms with van der Waals surface area (Å²) >= 11 is 6.10. The predicted molar refractivity (Wildman–Crippen MR) is 109 cm³/mol. The van der Waals surface area contributed by atoms with E-state index in [-0.39, 0.29) is 6.04 Å². The van der Waals surface area contributed by atoms with Gasteiger partial charge in [-0.3, -0.25) is 0 Å². The SMILES string of the molecule is COc1ccc(Cl)cc1Nc1cnnc(N(Cc2ccccc2)C(C)C)n1. The van der Waals surface area contributed by atoms with E-state index in [1.54, 1.807) is 31.5 Å². The first-order valence-electron chi connectivity index (χ1n) is 8.67. The van der Waals surface area contributed by atoms with Crippen molar-refractivity contribution in [3.63, 3.8) is 0 Å². The molecule has 0 fully saturated rings. The zero-order valence-electron chi connectivity index (χ0n) is 15.6. The van der Waals surface area contributed by atoms with Crippen LogP contribution in [0.15, 0.2) is 54.7 Å². The largest absolute Gasteiger partial charge is 0.495 e. The molecule has 0 atom stereocenters. The zero-order chi connectivity index (χ0) is 19.2. The normalized spacial score (nSPS) is 10.7. The van der Waals surface area contributed by atoms with Crippen LogP contribution in [0.1, 0.15) is 19.4 Å². The van der Waals surface area contributed by atoms with E-state index in [4.69, 9.17) is 16.3 Å². The molecule has 0 aliphatic heterocycles. The second-order valence-electron chi connectivity index (χ2n) is 6.32. The van der Waals surface area contributed by atoms with E-state index in [1.165, 1.54) is 5.56 Å². The van der Waals surface area contributed by atoms with Crippen LogP contribution in [0.3, 0.4) is 0 Å². The summed E-state index contributed by atoms with van der Waals surface area (Å²) < 4.78 is 5.37. The van der Waals surface area contributed by atoms with Crippen LogP contribution in [0.5, 0.6) is 5.75 Å². The number of anilines is 3. The minimum Gasteiger partial charge on any atom is -0.495 e. The maximum absolute atomic E-state index is 6.10. The van der Waals surface area contributed by atoms with E-state index in [2.05, 4.69) is 51.4 Å². The van der Waals surface area contributed by atoms with Crippen molar-refractivity contribution in [1.29, 1.82) is 0 Å². The minimum absolute atomic E-state index is 0.211. The smallest absolute Gasteiger partial charge is 0.247 e. The van der Waals surface area contributed by atoms with Gasteiger partial charge in [0.25, 0.3) is 0 Å². The molecule has 27 heavy (non-hydrogen) atoms. The van der Waals surface area contributed by atoms with Crippen LogP contribution in [0, 0.1) is 0 Å². The van der Waals surface area contributed by atoms with Crippen LogP contribution in [0.25, 0.3) is 0 Å². The molecule has 0 radical (unpaired) electrons. The van der Waals surface area contributed by atoms with Crippen molar-refractivity contribution in [3.8, 4) is 5.75 Å². The van der Waals surface area contributed by atoms with Gasteiger partial charge in [0.05, 0.1) is 19.0 Å². The quantitative estimate of drug-likeness (QED) is 0.638. The van der Waals surface area contributed by atoms with E-state index in [1.807, 2.05) is 18.2 Å². The average molecular weight is 384 g/mol. The topological polar surface area (TPSA) is 63.2 Å². The fourth-order valence-corrected chi connectivity index (χ4v) is 2.83. The Balaban J connectivity index is 1.86. The zero-order valence-corrected chi connectivity index (χ0v) is 16.3. The molecule has 3 aromatic rings. The molecule has 3 rings (SSSR count). The van der Waals surface area contributed by atoms with Crippen molar-refractivity contribution < 1.29 is 4.74 Å². The lowest BCUT2D eigenvalue weighted by Gasteiger charge is -2.26. The summed E-state index contributed by atoms with van der Waals surface area (Å²) in [6.07, 6.45) is 1.57. The second-order valence-corrected chi connectivity index (χ2v) is 6.75. The molecule has 0 saturated carbocycles. The number of methoxy groups -OCH3 is 1. The summed E-state index contributed by atoms with van der Waals surface area (Å²) in [5.74, 6) is 1.80. The predicted octanol–water partition coefficient (Wildman–Crippen LogP) is 4.69. The summed E-state index contributed by atoms with van der Waals surface area (Å²) in [6.45, 7) is 4.91. The standard InChI is InChI=1S/C20H22ClN5O/c1-14(2)26(13-15-7-5-4-6-8-15)20-24-19(12-22-25-20)23-17-11-16(21)9-10-18(17)27-3/h4-12,14H,13H2,1-3H3,(H,23,24,25). The molecule has 0 saturated heterocycles.